The Balaban J connectivity index is 4.06. The number of nitrogens with zero attached hydrogens (tertiary/aromatic N) is 1. The molecule has 0 amide bonds. The van der Waals surface area contributed by atoms with Crippen molar-refractivity contribution < 1.29 is 4.58 Å². The highest BCUT2D eigenvalue weighted by atomic mass is 15.1. The third-order valence-electron chi connectivity index (χ3n) is 2.21. The molecule has 0 aliphatic heterocycles. The standard InChI is InChI=1S/C10H23N2/c1-6-10(4)7-12(8-11-5)9(2)3/h10-11H,6-8H2,1-5H3/q+1. The molecule has 0 radical (unpaired) electrons. The van der Waals surface area contributed by atoms with Crippen LogP contribution in [0.25, 0.3) is 0 Å². The van der Waals surface area contributed by atoms with Gasteiger partial charge in [0.15, 0.2) is 6.67 Å². The third kappa shape index (κ3) is 4.50. The highest BCUT2D eigenvalue weighted by Gasteiger charge is 2.09. The van der Waals surface area contributed by atoms with Crippen LogP contribution in [0.4, 0.5) is 0 Å². The molecule has 0 heterocycles. The molecule has 0 aromatic heterocycles. The molecule has 0 aromatic carbocycles. The summed E-state index contributed by atoms with van der Waals surface area (Å²) in [6.07, 6.45) is 1.26. The average molecular weight is 171 g/mol. The minimum Gasteiger partial charge on any atom is -0.265 e. The predicted molar refractivity (Wildman–Crippen MR) is 54.9 cm³/mol. The Morgan fingerprint density at radius 1 is 1.42 bits per heavy atom. The summed E-state index contributed by atoms with van der Waals surface area (Å²) in [6.45, 7) is 11.0. The fourth-order valence-corrected chi connectivity index (χ4v) is 1.10. The first kappa shape index (κ1) is 11.6. The Labute approximate surface area is 76.7 Å². The first-order valence-electron chi connectivity index (χ1n) is 4.81. The number of nitrogens with one attached hydrogen (secondary N) is 1. The number of rotatable bonds is 5. The minimum absolute atomic E-state index is 0.785. The van der Waals surface area contributed by atoms with E-state index >= 15 is 0 Å². The lowest BCUT2D eigenvalue weighted by atomic mass is 10.1. The van der Waals surface area contributed by atoms with Crippen LogP contribution in [-0.4, -0.2) is 30.5 Å². The molecule has 0 fully saturated rings. The van der Waals surface area contributed by atoms with Gasteiger partial charge < -0.3 is 0 Å². The molecule has 2 heteroatoms. The highest BCUT2D eigenvalue weighted by molar-refractivity contribution is 5.73. The van der Waals surface area contributed by atoms with Crippen LogP contribution in [0.15, 0.2) is 0 Å². The molecule has 0 rings (SSSR count). The van der Waals surface area contributed by atoms with Crippen molar-refractivity contribution in [2.45, 2.75) is 34.1 Å². The summed E-state index contributed by atoms with van der Waals surface area (Å²) < 4.78 is 2.38. The van der Waals surface area contributed by atoms with Gasteiger partial charge in [-0.05, 0) is 13.5 Å². The maximum absolute atomic E-state index is 3.18. The predicted octanol–water partition coefficient (Wildman–Crippen LogP) is 1.70. The average Bonchev–Trinajstić information content (AvgIpc) is 2.03. The van der Waals surface area contributed by atoms with E-state index in [1.54, 1.807) is 0 Å². The molecule has 0 spiro atoms. The second-order valence-electron chi connectivity index (χ2n) is 3.69. The highest BCUT2D eigenvalue weighted by Crippen LogP contribution is 2.00. The molecule has 1 N–H and O–H groups in total. The van der Waals surface area contributed by atoms with Crippen LogP contribution in [-0.2, 0) is 0 Å². The summed E-state index contributed by atoms with van der Waals surface area (Å²) in [4.78, 5) is 0. The van der Waals surface area contributed by atoms with Crippen molar-refractivity contribution >= 4 is 5.71 Å². The van der Waals surface area contributed by atoms with E-state index in [0.29, 0.717) is 0 Å². The maximum Gasteiger partial charge on any atom is 0.196 e. The number of hydrogen-bond acceptors (Lipinski definition) is 1. The van der Waals surface area contributed by atoms with Crippen LogP contribution in [0.2, 0.25) is 0 Å². The topological polar surface area (TPSA) is 15.0 Å². The quantitative estimate of drug-likeness (QED) is 0.378. The van der Waals surface area contributed by atoms with E-state index in [4.69, 9.17) is 0 Å². The Morgan fingerprint density at radius 3 is 2.33 bits per heavy atom. The van der Waals surface area contributed by atoms with E-state index in [0.717, 1.165) is 12.6 Å². The molecule has 0 bridgehead atoms. The van der Waals surface area contributed by atoms with E-state index in [1.165, 1.54) is 18.7 Å². The Kier molecular flexibility index (Phi) is 5.99. The largest absolute Gasteiger partial charge is 0.265 e. The molecule has 0 aliphatic rings. The van der Waals surface area contributed by atoms with Crippen molar-refractivity contribution in [1.82, 2.24) is 5.32 Å². The smallest absolute Gasteiger partial charge is 0.196 e. The molecule has 0 aliphatic carbocycles. The van der Waals surface area contributed by atoms with Crippen molar-refractivity contribution in [3.05, 3.63) is 0 Å². The second kappa shape index (κ2) is 6.18. The van der Waals surface area contributed by atoms with Gasteiger partial charge in [0.1, 0.15) is 12.3 Å². The summed E-state index contributed by atoms with van der Waals surface area (Å²) in [5.41, 5.74) is 1.39. The summed E-state index contributed by atoms with van der Waals surface area (Å²) >= 11 is 0. The Morgan fingerprint density at radius 2 is 2.00 bits per heavy atom. The summed E-state index contributed by atoms with van der Waals surface area (Å²) in [7, 11) is 1.99. The third-order valence-corrected chi connectivity index (χ3v) is 2.21. The monoisotopic (exact) mass is 171 g/mol. The van der Waals surface area contributed by atoms with Gasteiger partial charge >= 0.3 is 0 Å². The molecule has 12 heavy (non-hydrogen) atoms. The Bertz CT molecular complexity index is 146. The van der Waals surface area contributed by atoms with E-state index in [1.807, 2.05) is 7.05 Å². The van der Waals surface area contributed by atoms with Gasteiger partial charge in [-0.1, -0.05) is 13.8 Å². The molecule has 1 unspecified atom stereocenters. The molecule has 72 valence electrons. The first-order valence-corrected chi connectivity index (χ1v) is 4.81. The fourth-order valence-electron chi connectivity index (χ4n) is 1.10. The van der Waals surface area contributed by atoms with Crippen molar-refractivity contribution in [3.8, 4) is 0 Å². The zero-order valence-corrected chi connectivity index (χ0v) is 9.15. The first-order chi connectivity index (χ1) is 5.61. The van der Waals surface area contributed by atoms with Crippen LogP contribution in [0.1, 0.15) is 34.1 Å². The van der Waals surface area contributed by atoms with Crippen molar-refractivity contribution in [3.63, 3.8) is 0 Å². The lowest BCUT2D eigenvalue weighted by molar-refractivity contribution is -0.539. The molecule has 2 nitrogen and oxygen atoms in total. The van der Waals surface area contributed by atoms with E-state index in [-0.39, 0.29) is 0 Å². The van der Waals surface area contributed by atoms with Gasteiger partial charge in [-0.25, -0.2) is 4.58 Å². The lowest BCUT2D eigenvalue weighted by Crippen LogP contribution is -2.30. The molecule has 0 aromatic rings. The van der Waals surface area contributed by atoms with Crippen molar-refractivity contribution in [1.29, 1.82) is 0 Å². The summed E-state index contributed by atoms with van der Waals surface area (Å²) in [6, 6.07) is 0. The van der Waals surface area contributed by atoms with Crippen LogP contribution < -0.4 is 5.32 Å². The minimum atomic E-state index is 0.785. The summed E-state index contributed by atoms with van der Waals surface area (Å²) in [5, 5.41) is 3.18. The van der Waals surface area contributed by atoms with Gasteiger partial charge in [-0.15, -0.1) is 0 Å². The van der Waals surface area contributed by atoms with Gasteiger partial charge in [-0.3, -0.25) is 5.32 Å². The van der Waals surface area contributed by atoms with Crippen LogP contribution in [0.5, 0.6) is 0 Å². The Hall–Kier alpha value is -0.370. The molecular formula is C10H23N2+. The number of hydrogen-bond donors (Lipinski definition) is 1. The van der Waals surface area contributed by atoms with Crippen LogP contribution >= 0.6 is 0 Å². The lowest BCUT2D eigenvalue weighted by Gasteiger charge is -2.09. The van der Waals surface area contributed by atoms with Crippen molar-refractivity contribution in [2.24, 2.45) is 5.92 Å². The van der Waals surface area contributed by atoms with Gasteiger partial charge in [-0.2, -0.15) is 0 Å². The molecular weight excluding hydrogens is 148 g/mol. The molecule has 0 saturated heterocycles. The zero-order valence-electron chi connectivity index (χ0n) is 9.15. The molecule has 0 saturated carbocycles. The fraction of sp³-hybridized carbons (Fsp3) is 0.900. The van der Waals surface area contributed by atoms with E-state index in [9.17, 15) is 0 Å². The van der Waals surface area contributed by atoms with Crippen LogP contribution in [0, 0.1) is 5.92 Å². The maximum atomic E-state index is 3.18. The van der Waals surface area contributed by atoms with Gasteiger partial charge in [0.05, 0.1) is 0 Å². The summed E-state index contributed by atoms with van der Waals surface area (Å²) in [5.74, 6) is 0.785. The van der Waals surface area contributed by atoms with Gasteiger partial charge in [0.25, 0.3) is 0 Å². The molecule has 1 atom stereocenters. The van der Waals surface area contributed by atoms with Crippen molar-refractivity contribution in [2.75, 3.05) is 20.3 Å². The second-order valence-corrected chi connectivity index (χ2v) is 3.69. The van der Waals surface area contributed by atoms with E-state index in [2.05, 4.69) is 37.6 Å². The normalized spacial score (nSPS) is 12.8. The SMILES string of the molecule is CCC(C)C[N+](CNC)=C(C)C. The van der Waals surface area contributed by atoms with Crippen LogP contribution in [0.3, 0.4) is 0 Å². The van der Waals surface area contributed by atoms with Gasteiger partial charge in [0.2, 0.25) is 0 Å². The zero-order chi connectivity index (χ0) is 9.56. The van der Waals surface area contributed by atoms with E-state index < -0.39 is 0 Å². The van der Waals surface area contributed by atoms with Gasteiger partial charge in [0, 0.05) is 19.8 Å².